The molecule has 4 aromatic rings. The molecule has 172 valence electrons. The topological polar surface area (TPSA) is 94.4 Å². The predicted octanol–water partition coefficient (Wildman–Crippen LogP) is 4.33. The summed E-state index contributed by atoms with van der Waals surface area (Å²) in [5.74, 6) is -0.389. The Morgan fingerprint density at radius 2 is 1.74 bits per heavy atom. The predicted molar refractivity (Wildman–Crippen MR) is 133 cm³/mol. The minimum absolute atomic E-state index is 0.0204. The van der Waals surface area contributed by atoms with Crippen LogP contribution in [-0.2, 0) is 21.4 Å². The number of nitrogens with zero attached hydrogens (tertiary/aromatic N) is 4. The number of carbonyl (C=O) groups is 1. The first kappa shape index (κ1) is 23.6. The summed E-state index contributed by atoms with van der Waals surface area (Å²) in [4.78, 5) is 19.7. The molecule has 0 saturated heterocycles. The van der Waals surface area contributed by atoms with Crippen LogP contribution in [0, 0.1) is 18.3 Å². The van der Waals surface area contributed by atoms with Crippen molar-refractivity contribution in [2.24, 2.45) is 0 Å². The fourth-order valence-electron chi connectivity index (χ4n) is 3.46. The second-order valence-corrected chi connectivity index (χ2v) is 10.8. The number of hydrogen-bond acceptors (Lipinski definition) is 6. The number of amides is 1. The molecule has 1 amide bonds. The van der Waals surface area contributed by atoms with Crippen LogP contribution in [0.3, 0.4) is 0 Å². The summed E-state index contributed by atoms with van der Waals surface area (Å²) in [7, 11) is -2.55. The summed E-state index contributed by atoms with van der Waals surface area (Å²) in [6.45, 7) is 1.88. The normalized spacial score (nSPS) is 11.5. The summed E-state index contributed by atoms with van der Waals surface area (Å²) in [6.07, 6.45) is 0. The van der Waals surface area contributed by atoms with Gasteiger partial charge in [0.25, 0.3) is 0 Å². The molecule has 0 bridgehead atoms. The second kappa shape index (κ2) is 9.73. The van der Waals surface area contributed by atoms with E-state index in [1.807, 2.05) is 61.5 Å². The molecule has 9 heteroatoms. The Balaban J connectivity index is 1.64. The number of carbonyl (C=O) groups excluding carboxylic acids is 1. The lowest BCUT2D eigenvalue weighted by atomic mass is 10.2. The van der Waals surface area contributed by atoms with Gasteiger partial charge in [0.2, 0.25) is 15.9 Å². The Morgan fingerprint density at radius 3 is 2.38 bits per heavy atom. The van der Waals surface area contributed by atoms with Crippen molar-refractivity contribution in [3.05, 3.63) is 89.5 Å². The number of rotatable bonds is 7. The molecule has 0 aliphatic heterocycles. The SMILES string of the molecule is Cc1cccc2sc(N(Cc3ccccc3)C(=O)CN(C)S(=O)(=O)c3ccc(C#N)cc3)nc12. The number of sulfonamides is 1. The largest absolute Gasteiger partial charge is 0.282 e. The maximum atomic E-state index is 13.4. The van der Waals surface area contributed by atoms with E-state index in [0.717, 1.165) is 25.6 Å². The number of fused-ring (bicyclic) bond motifs is 1. The molecule has 1 aromatic heterocycles. The molecule has 0 aliphatic rings. The van der Waals surface area contributed by atoms with Crippen molar-refractivity contribution in [1.82, 2.24) is 9.29 Å². The zero-order valence-corrected chi connectivity index (χ0v) is 20.3. The number of likely N-dealkylation sites (N-methyl/N-ethyl adjacent to an activating group) is 1. The van der Waals surface area contributed by atoms with Gasteiger partial charge in [0.05, 0.1) is 39.8 Å². The van der Waals surface area contributed by atoms with Crippen LogP contribution >= 0.6 is 11.3 Å². The third-order valence-corrected chi connectivity index (χ3v) is 8.24. The first-order valence-corrected chi connectivity index (χ1v) is 12.7. The summed E-state index contributed by atoms with van der Waals surface area (Å²) in [5.41, 5.74) is 3.10. The average Bonchev–Trinajstić information content (AvgIpc) is 3.28. The van der Waals surface area contributed by atoms with Crippen molar-refractivity contribution in [2.75, 3.05) is 18.5 Å². The molecule has 1 heterocycles. The molecule has 0 unspecified atom stereocenters. The number of benzene rings is 3. The van der Waals surface area contributed by atoms with Crippen molar-refractivity contribution < 1.29 is 13.2 Å². The molecular formula is C25H22N4O3S2. The number of nitriles is 1. The van der Waals surface area contributed by atoms with Gasteiger partial charge in [-0.05, 0) is 48.4 Å². The number of aromatic nitrogens is 1. The van der Waals surface area contributed by atoms with Gasteiger partial charge in [-0.2, -0.15) is 9.57 Å². The van der Waals surface area contributed by atoms with E-state index >= 15 is 0 Å². The van der Waals surface area contributed by atoms with Crippen LogP contribution in [0.15, 0.2) is 77.7 Å². The molecule has 4 rings (SSSR count). The van der Waals surface area contributed by atoms with Crippen LogP contribution in [0.4, 0.5) is 5.13 Å². The van der Waals surface area contributed by atoms with Crippen molar-refractivity contribution in [3.63, 3.8) is 0 Å². The first-order valence-electron chi connectivity index (χ1n) is 10.5. The third kappa shape index (κ3) is 4.84. The highest BCUT2D eigenvalue weighted by atomic mass is 32.2. The maximum absolute atomic E-state index is 13.4. The van der Waals surface area contributed by atoms with E-state index < -0.39 is 10.0 Å². The van der Waals surface area contributed by atoms with Crippen LogP contribution in [-0.4, -0.2) is 37.2 Å². The Bertz CT molecular complexity index is 1470. The van der Waals surface area contributed by atoms with Crippen molar-refractivity contribution in [3.8, 4) is 6.07 Å². The molecule has 0 N–H and O–H groups in total. The molecule has 0 fully saturated rings. The van der Waals surface area contributed by atoms with Crippen molar-refractivity contribution >= 4 is 42.6 Å². The highest BCUT2D eigenvalue weighted by Crippen LogP contribution is 2.31. The monoisotopic (exact) mass is 490 g/mol. The molecular weight excluding hydrogens is 468 g/mol. The second-order valence-electron chi connectivity index (χ2n) is 7.78. The summed E-state index contributed by atoms with van der Waals surface area (Å²) < 4.78 is 28.0. The molecule has 0 atom stereocenters. The molecule has 34 heavy (non-hydrogen) atoms. The van der Waals surface area contributed by atoms with E-state index in [1.54, 1.807) is 0 Å². The van der Waals surface area contributed by atoms with Gasteiger partial charge in [-0.15, -0.1) is 0 Å². The van der Waals surface area contributed by atoms with E-state index in [0.29, 0.717) is 10.7 Å². The molecule has 0 aliphatic carbocycles. The minimum Gasteiger partial charge on any atom is -0.282 e. The molecule has 3 aromatic carbocycles. The lowest BCUT2D eigenvalue weighted by Crippen LogP contribution is -2.41. The van der Waals surface area contributed by atoms with Gasteiger partial charge in [-0.1, -0.05) is 53.8 Å². The van der Waals surface area contributed by atoms with Gasteiger partial charge >= 0.3 is 0 Å². The van der Waals surface area contributed by atoms with Crippen LogP contribution < -0.4 is 4.90 Å². The van der Waals surface area contributed by atoms with E-state index in [-0.39, 0.29) is 23.9 Å². The fourth-order valence-corrected chi connectivity index (χ4v) is 5.64. The number of anilines is 1. The van der Waals surface area contributed by atoms with Gasteiger partial charge in [0.1, 0.15) is 0 Å². The highest BCUT2D eigenvalue weighted by molar-refractivity contribution is 7.89. The standard InChI is InChI=1S/C25H22N4O3S2/c1-18-7-6-10-22-24(18)27-25(33-22)29(16-20-8-4-3-5-9-20)23(30)17-28(2)34(31,32)21-13-11-19(15-26)12-14-21/h3-14H,16-17H2,1-2H3. The lowest BCUT2D eigenvalue weighted by Gasteiger charge is -2.23. The molecule has 0 saturated carbocycles. The quantitative estimate of drug-likeness (QED) is 0.384. The van der Waals surface area contributed by atoms with Crippen LogP contribution in [0.25, 0.3) is 10.2 Å². The zero-order valence-electron chi connectivity index (χ0n) is 18.7. The Kier molecular flexibility index (Phi) is 6.75. The smallest absolute Gasteiger partial charge is 0.244 e. The van der Waals surface area contributed by atoms with Crippen LogP contribution in [0.1, 0.15) is 16.7 Å². The molecule has 0 radical (unpaired) electrons. The van der Waals surface area contributed by atoms with Crippen molar-refractivity contribution in [1.29, 1.82) is 5.26 Å². The lowest BCUT2D eigenvalue weighted by molar-refractivity contribution is -0.118. The first-order chi connectivity index (χ1) is 16.3. The molecule has 0 spiro atoms. The number of aryl methyl sites for hydroxylation is 1. The number of hydrogen-bond donors (Lipinski definition) is 0. The molecule has 7 nitrogen and oxygen atoms in total. The Hall–Kier alpha value is -3.58. The van der Waals surface area contributed by atoms with Gasteiger partial charge < -0.3 is 0 Å². The summed E-state index contributed by atoms with van der Waals surface area (Å²) in [5, 5.41) is 9.47. The fraction of sp³-hybridized carbons (Fsp3) is 0.160. The number of para-hydroxylation sites is 1. The maximum Gasteiger partial charge on any atom is 0.244 e. The van der Waals surface area contributed by atoms with Crippen LogP contribution in [0.2, 0.25) is 0 Å². The van der Waals surface area contributed by atoms with Gasteiger partial charge in [0, 0.05) is 7.05 Å². The third-order valence-electron chi connectivity index (χ3n) is 5.37. The van der Waals surface area contributed by atoms with E-state index in [1.165, 1.54) is 47.5 Å². The van der Waals surface area contributed by atoms with Gasteiger partial charge in [0.15, 0.2) is 5.13 Å². The van der Waals surface area contributed by atoms with Crippen LogP contribution in [0.5, 0.6) is 0 Å². The summed E-state index contributed by atoms with van der Waals surface area (Å²) in [6, 6.07) is 22.9. The van der Waals surface area contributed by atoms with E-state index in [4.69, 9.17) is 10.2 Å². The van der Waals surface area contributed by atoms with E-state index in [2.05, 4.69) is 0 Å². The Morgan fingerprint density at radius 1 is 1.03 bits per heavy atom. The Labute approximate surface area is 202 Å². The summed E-state index contributed by atoms with van der Waals surface area (Å²) >= 11 is 1.40. The van der Waals surface area contributed by atoms with E-state index in [9.17, 15) is 13.2 Å². The highest BCUT2D eigenvalue weighted by Gasteiger charge is 2.27. The minimum atomic E-state index is -3.92. The zero-order chi connectivity index (χ0) is 24.3. The van der Waals surface area contributed by atoms with Gasteiger partial charge in [-0.25, -0.2) is 13.4 Å². The van der Waals surface area contributed by atoms with Crippen molar-refractivity contribution in [2.45, 2.75) is 18.4 Å². The number of thiazole rings is 1. The average molecular weight is 491 g/mol. The van der Waals surface area contributed by atoms with Gasteiger partial charge in [-0.3, -0.25) is 9.69 Å².